The molecule has 3 nitrogen and oxygen atoms in total. The molecule has 0 saturated heterocycles. The molecule has 1 heterocycles. The Labute approximate surface area is 102 Å². The number of esters is 1. The molecule has 0 bridgehead atoms. The minimum atomic E-state index is -4.39. The molecular weight excluding hydrogens is 249 g/mol. The molecule has 0 N–H and O–H groups in total. The minimum Gasteiger partial charge on any atom is -0.493 e. The first-order valence-corrected chi connectivity index (χ1v) is 5.32. The molecule has 0 aromatic heterocycles. The van der Waals surface area contributed by atoms with Gasteiger partial charge in [-0.05, 0) is 12.1 Å². The molecule has 0 amide bonds. The topological polar surface area (TPSA) is 35.5 Å². The number of carbonyl (C=O) groups excluding carboxylic acids is 1. The first kappa shape index (κ1) is 12.7. The van der Waals surface area contributed by atoms with Gasteiger partial charge in [0, 0.05) is 11.5 Å². The first-order chi connectivity index (χ1) is 8.41. The van der Waals surface area contributed by atoms with E-state index < -0.39 is 17.7 Å². The summed E-state index contributed by atoms with van der Waals surface area (Å²) in [6.07, 6.45) is -4.28. The quantitative estimate of drug-likeness (QED) is 0.767. The third-order valence-electron chi connectivity index (χ3n) is 2.86. The zero-order valence-corrected chi connectivity index (χ0v) is 9.58. The lowest BCUT2D eigenvalue weighted by atomic mass is 9.97. The number of benzene rings is 1. The van der Waals surface area contributed by atoms with Crippen LogP contribution in [0, 0.1) is 0 Å². The van der Waals surface area contributed by atoms with Crippen molar-refractivity contribution in [1.29, 1.82) is 0 Å². The predicted molar refractivity (Wildman–Crippen MR) is 56.3 cm³/mol. The van der Waals surface area contributed by atoms with Crippen molar-refractivity contribution < 1.29 is 27.4 Å². The monoisotopic (exact) mass is 260 g/mol. The van der Waals surface area contributed by atoms with E-state index in [1.807, 2.05) is 0 Å². The molecule has 2 rings (SSSR count). The molecule has 0 unspecified atom stereocenters. The summed E-state index contributed by atoms with van der Waals surface area (Å²) in [5.74, 6) is -0.454. The Morgan fingerprint density at radius 1 is 1.50 bits per heavy atom. The number of alkyl halides is 3. The fourth-order valence-corrected chi connectivity index (χ4v) is 1.91. The lowest BCUT2D eigenvalue weighted by Crippen LogP contribution is -2.09. The summed E-state index contributed by atoms with van der Waals surface area (Å²) in [4.78, 5) is 11.1. The van der Waals surface area contributed by atoms with Gasteiger partial charge in [0.15, 0.2) is 0 Å². The highest BCUT2D eigenvalue weighted by molar-refractivity contribution is 5.71. The van der Waals surface area contributed by atoms with Gasteiger partial charge < -0.3 is 9.47 Å². The van der Waals surface area contributed by atoms with Gasteiger partial charge in [-0.2, -0.15) is 13.2 Å². The van der Waals surface area contributed by atoms with Gasteiger partial charge in [0.2, 0.25) is 0 Å². The van der Waals surface area contributed by atoms with Gasteiger partial charge in [-0.15, -0.1) is 0 Å². The zero-order chi connectivity index (χ0) is 13.3. The van der Waals surface area contributed by atoms with Gasteiger partial charge in [-0.1, -0.05) is 6.07 Å². The molecule has 1 aliphatic rings. The normalized spacial score (nSPS) is 18.1. The Kier molecular flexibility index (Phi) is 3.19. The van der Waals surface area contributed by atoms with E-state index in [2.05, 4.69) is 4.74 Å². The van der Waals surface area contributed by atoms with Crippen molar-refractivity contribution in [2.75, 3.05) is 13.7 Å². The molecule has 18 heavy (non-hydrogen) atoms. The van der Waals surface area contributed by atoms with E-state index in [-0.39, 0.29) is 24.7 Å². The van der Waals surface area contributed by atoms with Crippen molar-refractivity contribution in [2.24, 2.45) is 0 Å². The Hall–Kier alpha value is -1.72. The summed E-state index contributed by atoms with van der Waals surface area (Å²) in [6, 6.07) is 3.32. The summed E-state index contributed by atoms with van der Waals surface area (Å²) < 4.78 is 47.2. The largest absolute Gasteiger partial charge is 0.493 e. The van der Waals surface area contributed by atoms with Crippen molar-refractivity contribution in [1.82, 2.24) is 0 Å². The van der Waals surface area contributed by atoms with Gasteiger partial charge in [-0.3, -0.25) is 4.79 Å². The van der Waals surface area contributed by atoms with Gasteiger partial charge in [0.25, 0.3) is 0 Å². The number of halogens is 3. The van der Waals surface area contributed by atoms with Gasteiger partial charge >= 0.3 is 12.1 Å². The average Bonchev–Trinajstić information content (AvgIpc) is 2.70. The van der Waals surface area contributed by atoms with E-state index in [1.54, 1.807) is 0 Å². The number of fused-ring (bicyclic) bond motifs is 1. The number of methoxy groups -OCH3 is 1. The van der Waals surface area contributed by atoms with Crippen LogP contribution < -0.4 is 4.74 Å². The number of hydrogen-bond donors (Lipinski definition) is 0. The van der Waals surface area contributed by atoms with Crippen LogP contribution in [-0.4, -0.2) is 19.7 Å². The van der Waals surface area contributed by atoms with Crippen molar-refractivity contribution >= 4 is 5.97 Å². The van der Waals surface area contributed by atoms with E-state index in [1.165, 1.54) is 13.2 Å². The second kappa shape index (κ2) is 4.51. The fraction of sp³-hybridized carbons (Fsp3) is 0.417. The van der Waals surface area contributed by atoms with Crippen LogP contribution in [0.1, 0.15) is 23.5 Å². The highest BCUT2D eigenvalue weighted by Gasteiger charge is 2.34. The lowest BCUT2D eigenvalue weighted by Gasteiger charge is -2.09. The second-order valence-electron chi connectivity index (χ2n) is 4.04. The van der Waals surface area contributed by atoms with Crippen LogP contribution in [0.4, 0.5) is 13.2 Å². The van der Waals surface area contributed by atoms with Crippen LogP contribution in [0.2, 0.25) is 0 Å². The maximum absolute atomic E-state index is 12.5. The van der Waals surface area contributed by atoms with Crippen molar-refractivity contribution in [2.45, 2.75) is 18.5 Å². The highest BCUT2D eigenvalue weighted by Crippen LogP contribution is 2.40. The van der Waals surface area contributed by atoms with E-state index in [0.717, 1.165) is 12.1 Å². The lowest BCUT2D eigenvalue weighted by molar-refractivity contribution is -0.141. The van der Waals surface area contributed by atoms with Crippen molar-refractivity contribution in [3.05, 3.63) is 29.3 Å². The van der Waals surface area contributed by atoms with E-state index in [0.29, 0.717) is 5.56 Å². The molecular formula is C12H11F3O3. The molecule has 1 aromatic rings. The van der Waals surface area contributed by atoms with Crippen LogP contribution >= 0.6 is 0 Å². The van der Waals surface area contributed by atoms with Crippen molar-refractivity contribution in [3.8, 4) is 5.75 Å². The number of ether oxygens (including phenoxy) is 2. The summed E-state index contributed by atoms with van der Waals surface area (Å²) in [6.45, 7) is 0.200. The number of hydrogen-bond acceptors (Lipinski definition) is 3. The molecule has 98 valence electrons. The fourth-order valence-electron chi connectivity index (χ4n) is 1.91. The summed E-state index contributed by atoms with van der Waals surface area (Å²) in [5, 5.41) is 0. The number of carbonyl (C=O) groups is 1. The van der Waals surface area contributed by atoms with Gasteiger partial charge in [0.05, 0.1) is 25.7 Å². The zero-order valence-electron chi connectivity index (χ0n) is 9.58. The van der Waals surface area contributed by atoms with E-state index in [4.69, 9.17) is 4.74 Å². The summed E-state index contributed by atoms with van der Waals surface area (Å²) in [7, 11) is 1.27. The van der Waals surface area contributed by atoms with E-state index >= 15 is 0 Å². The molecule has 0 aliphatic carbocycles. The Balaban J connectivity index is 2.23. The summed E-state index contributed by atoms with van der Waals surface area (Å²) >= 11 is 0. The van der Waals surface area contributed by atoms with Crippen LogP contribution in [0.25, 0.3) is 0 Å². The van der Waals surface area contributed by atoms with E-state index in [9.17, 15) is 18.0 Å². The SMILES string of the molecule is COC(=O)C[C@H]1COc2cc(C(F)(F)F)ccc21. The van der Waals surface area contributed by atoms with Crippen molar-refractivity contribution in [3.63, 3.8) is 0 Å². The maximum atomic E-state index is 12.5. The third kappa shape index (κ3) is 2.42. The smallest absolute Gasteiger partial charge is 0.416 e. The second-order valence-corrected chi connectivity index (χ2v) is 4.04. The highest BCUT2D eigenvalue weighted by atomic mass is 19.4. The first-order valence-electron chi connectivity index (χ1n) is 5.32. The molecule has 0 spiro atoms. The Morgan fingerprint density at radius 2 is 2.22 bits per heavy atom. The molecule has 1 atom stereocenters. The van der Waals surface area contributed by atoms with Crippen LogP contribution in [0.5, 0.6) is 5.75 Å². The molecule has 1 aliphatic heterocycles. The Morgan fingerprint density at radius 3 is 2.83 bits per heavy atom. The number of rotatable bonds is 2. The average molecular weight is 260 g/mol. The standard InChI is InChI=1S/C12H11F3O3/c1-17-11(16)4-7-6-18-10-5-8(12(13,14)15)2-3-9(7)10/h2-3,5,7H,4,6H2,1H3/t7-/m0/s1. The van der Waals surface area contributed by atoms with Gasteiger partial charge in [0.1, 0.15) is 5.75 Å². The molecule has 0 radical (unpaired) electrons. The summed E-state index contributed by atoms with van der Waals surface area (Å²) in [5.41, 5.74) is -0.131. The van der Waals surface area contributed by atoms with Crippen LogP contribution in [-0.2, 0) is 15.7 Å². The van der Waals surface area contributed by atoms with Gasteiger partial charge in [-0.25, -0.2) is 0 Å². The van der Waals surface area contributed by atoms with Crippen LogP contribution in [0.15, 0.2) is 18.2 Å². The third-order valence-corrected chi connectivity index (χ3v) is 2.86. The minimum absolute atomic E-state index is 0.106. The maximum Gasteiger partial charge on any atom is 0.416 e. The molecule has 0 saturated carbocycles. The molecule has 0 fully saturated rings. The predicted octanol–water partition coefficient (Wildman–Crippen LogP) is 2.74. The Bertz CT molecular complexity index is 468. The molecule has 6 heteroatoms. The van der Waals surface area contributed by atoms with Crippen LogP contribution in [0.3, 0.4) is 0 Å². The molecule has 1 aromatic carbocycles.